The Bertz CT molecular complexity index is 347. The van der Waals surface area contributed by atoms with Gasteiger partial charge in [-0.3, -0.25) is 0 Å². The molecule has 0 aromatic carbocycles. The van der Waals surface area contributed by atoms with Gasteiger partial charge in [0.1, 0.15) is 5.82 Å². The highest BCUT2D eigenvalue weighted by Crippen LogP contribution is 2.18. The van der Waals surface area contributed by atoms with E-state index in [9.17, 15) is 0 Å². The van der Waals surface area contributed by atoms with Crippen molar-refractivity contribution in [2.24, 2.45) is 0 Å². The summed E-state index contributed by atoms with van der Waals surface area (Å²) >= 11 is 0. The van der Waals surface area contributed by atoms with Gasteiger partial charge in [-0.25, -0.2) is 9.97 Å². The van der Waals surface area contributed by atoms with E-state index in [1.807, 2.05) is 19.2 Å². The van der Waals surface area contributed by atoms with E-state index in [2.05, 4.69) is 35.7 Å². The molecule has 0 aliphatic carbocycles. The number of aryl methyl sites for hydroxylation is 1. The monoisotopic (exact) mass is 219 g/mol. The van der Waals surface area contributed by atoms with E-state index in [4.69, 9.17) is 0 Å². The first-order valence-electron chi connectivity index (χ1n) is 5.80. The highest BCUT2D eigenvalue weighted by atomic mass is 15.0. The Morgan fingerprint density at radius 1 is 1.56 bits per heavy atom. The maximum Gasteiger partial charge on any atom is 0.125 e. The summed E-state index contributed by atoms with van der Waals surface area (Å²) in [5.74, 6) is 0.829. The van der Waals surface area contributed by atoms with E-state index < -0.39 is 0 Å². The molecule has 0 fully saturated rings. The van der Waals surface area contributed by atoms with E-state index in [1.165, 1.54) is 5.57 Å². The summed E-state index contributed by atoms with van der Waals surface area (Å²) in [6, 6.07) is 2.29. The van der Waals surface area contributed by atoms with Gasteiger partial charge in [0.25, 0.3) is 0 Å². The summed E-state index contributed by atoms with van der Waals surface area (Å²) in [4.78, 5) is 8.59. The average molecular weight is 219 g/mol. The molecule has 3 heteroatoms. The van der Waals surface area contributed by atoms with Crippen LogP contribution in [0.2, 0.25) is 0 Å². The fourth-order valence-corrected chi connectivity index (χ4v) is 1.66. The van der Waals surface area contributed by atoms with Crippen LogP contribution in [0, 0.1) is 6.92 Å². The van der Waals surface area contributed by atoms with Crippen LogP contribution in [0.25, 0.3) is 0 Å². The fraction of sp³-hybridized carbons (Fsp3) is 0.538. The standard InChI is InChI=1S/C13H21N3/c1-5-14-12(7-6-10(2)3)13-8-9-15-11(4)16-13/h8-9,12,14H,2,5-7H2,1,3-4H3. The fourth-order valence-electron chi connectivity index (χ4n) is 1.66. The van der Waals surface area contributed by atoms with E-state index in [-0.39, 0.29) is 0 Å². The van der Waals surface area contributed by atoms with Crippen molar-refractivity contribution in [3.63, 3.8) is 0 Å². The van der Waals surface area contributed by atoms with Crippen LogP contribution in [0.3, 0.4) is 0 Å². The lowest BCUT2D eigenvalue weighted by Crippen LogP contribution is -2.22. The molecule has 0 radical (unpaired) electrons. The van der Waals surface area contributed by atoms with E-state index >= 15 is 0 Å². The Labute approximate surface area is 98.0 Å². The second-order valence-electron chi connectivity index (χ2n) is 4.13. The normalized spacial score (nSPS) is 12.4. The molecule has 0 spiro atoms. The highest BCUT2D eigenvalue weighted by molar-refractivity contribution is 5.08. The second kappa shape index (κ2) is 6.38. The van der Waals surface area contributed by atoms with Crippen LogP contribution in [0.5, 0.6) is 0 Å². The van der Waals surface area contributed by atoms with Gasteiger partial charge in [0.15, 0.2) is 0 Å². The minimum Gasteiger partial charge on any atom is -0.309 e. The largest absolute Gasteiger partial charge is 0.309 e. The van der Waals surface area contributed by atoms with Gasteiger partial charge in [-0.1, -0.05) is 12.5 Å². The quantitative estimate of drug-likeness (QED) is 0.748. The van der Waals surface area contributed by atoms with Crippen LogP contribution in [-0.2, 0) is 0 Å². The van der Waals surface area contributed by atoms with Crippen LogP contribution >= 0.6 is 0 Å². The molecule has 0 amide bonds. The number of hydrogen-bond donors (Lipinski definition) is 1. The van der Waals surface area contributed by atoms with Gasteiger partial charge in [-0.05, 0) is 39.3 Å². The van der Waals surface area contributed by atoms with Crippen LogP contribution in [0.15, 0.2) is 24.4 Å². The van der Waals surface area contributed by atoms with Gasteiger partial charge in [0.2, 0.25) is 0 Å². The molecule has 1 atom stereocenters. The lowest BCUT2D eigenvalue weighted by Gasteiger charge is -2.17. The molecule has 3 nitrogen and oxygen atoms in total. The Morgan fingerprint density at radius 2 is 2.31 bits per heavy atom. The number of nitrogens with one attached hydrogen (secondary N) is 1. The average Bonchev–Trinajstić information content (AvgIpc) is 2.24. The molecule has 1 aromatic rings. The summed E-state index contributed by atoms with van der Waals surface area (Å²) in [7, 11) is 0. The first-order chi connectivity index (χ1) is 7.63. The van der Waals surface area contributed by atoms with E-state index in [0.717, 1.165) is 30.9 Å². The molecule has 0 aliphatic rings. The Kier molecular flexibility index (Phi) is 5.12. The lowest BCUT2D eigenvalue weighted by molar-refractivity contribution is 0.501. The third kappa shape index (κ3) is 4.11. The van der Waals surface area contributed by atoms with Gasteiger partial charge >= 0.3 is 0 Å². The molecule has 1 heterocycles. The summed E-state index contributed by atoms with van der Waals surface area (Å²) in [5.41, 5.74) is 2.30. The predicted octanol–water partition coefficient (Wildman–Crippen LogP) is 2.79. The molecule has 16 heavy (non-hydrogen) atoms. The minimum absolute atomic E-state index is 0.309. The molecule has 0 bridgehead atoms. The lowest BCUT2D eigenvalue weighted by atomic mass is 10.0. The van der Waals surface area contributed by atoms with Crippen molar-refractivity contribution in [1.82, 2.24) is 15.3 Å². The summed E-state index contributed by atoms with van der Waals surface area (Å²) in [6.45, 7) is 11.0. The molecular weight excluding hydrogens is 198 g/mol. The zero-order chi connectivity index (χ0) is 12.0. The molecule has 1 N–H and O–H groups in total. The number of aromatic nitrogens is 2. The first-order valence-corrected chi connectivity index (χ1v) is 5.80. The number of allylic oxidation sites excluding steroid dienone is 1. The predicted molar refractivity (Wildman–Crippen MR) is 67.2 cm³/mol. The summed E-state index contributed by atoms with van der Waals surface area (Å²) < 4.78 is 0. The third-order valence-corrected chi connectivity index (χ3v) is 2.46. The first kappa shape index (κ1) is 12.8. The Morgan fingerprint density at radius 3 is 2.88 bits per heavy atom. The van der Waals surface area contributed by atoms with Crippen molar-refractivity contribution in [1.29, 1.82) is 0 Å². The summed E-state index contributed by atoms with van der Waals surface area (Å²) in [5, 5.41) is 3.45. The van der Waals surface area contributed by atoms with Crippen molar-refractivity contribution in [2.45, 2.75) is 39.7 Å². The molecule has 0 saturated carbocycles. The van der Waals surface area contributed by atoms with Crippen LogP contribution in [0.4, 0.5) is 0 Å². The SMILES string of the molecule is C=C(C)CCC(NCC)c1ccnc(C)n1. The zero-order valence-electron chi connectivity index (χ0n) is 10.5. The van der Waals surface area contributed by atoms with Gasteiger partial charge in [0, 0.05) is 12.2 Å². The summed E-state index contributed by atoms with van der Waals surface area (Å²) in [6.07, 6.45) is 3.89. The van der Waals surface area contributed by atoms with Crippen LogP contribution in [0.1, 0.15) is 44.2 Å². The van der Waals surface area contributed by atoms with Gasteiger partial charge in [-0.2, -0.15) is 0 Å². The minimum atomic E-state index is 0.309. The molecule has 1 aromatic heterocycles. The topological polar surface area (TPSA) is 37.8 Å². The van der Waals surface area contributed by atoms with Crippen molar-refractivity contribution < 1.29 is 0 Å². The van der Waals surface area contributed by atoms with Crippen molar-refractivity contribution >= 4 is 0 Å². The Balaban J connectivity index is 2.72. The molecule has 1 unspecified atom stereocenters. The van der Waals surface area contributed by atoms with Crippen LogP contribution in [-0.4, -0.2) is 16.5 Å². The second-order valence-corrected chi connectivity index (χ2v) is 4.13. The van der Waals surface area contributed by atoms with E-state index in [0.29, 0.717) is 6.04 Å². The third-order valence-electron chi connectivity index (χ3n) is 2.46. The van der Waals surface area contributed by atoms with Crippen molar-refractivity contribution in [3.8, 4) is 0 Å². The number of rotatable bonds is 6. The van der Waals surface area contributed by atoms with Crippen LogP contribution < -0.4 is 5.32 Å². The maximum absolute atomic E-state index is 4.47. The Hall–Kier alpha value is -1.22. The molecule has 0 aliphatic heterocycles. The van der Waals surface area contributed by atoms with Gasteiger partial charge < -0.3 is 5.32 Å². The van der Waals surface area contributed by atoms with Crippen molar-refractivity contribution in [2.75, 3.05) is 6.54 Å². The number of nitrogens with zero attached hydrogens (tertiary/aromatic N) is 2. The number of hydrogen-bond acceptors (Lipinski definition) is 3. The smallest absolute Gasteiger partial charge is 0.125 e. The van der Waals surface area contributed by atoms with E-state index in [1.54, 1.807) is 0 Å². The molecule has 1 rings (SSSR count). The van der Waals surface area contributed by atoms with Gasteiger partial charge in [-0.15, -0.1) is 6.58 Å². The van der Waals surface area contributed by atoms with Gasteiger partial charge in [0.05, 0.1) is 5.69 Å². The molecular formula is C13H21N3. The maximum atomic E-state index is 4.47. The highest BCUT2D eigenvalue weighted by Gasteiger charge is 2.11. The van der Waals surface area contributed by atoms with Crippen molar-refractivity contribution in [3.05, 3.63) is 35.9 Å². The molecule has 88 valence electrons. The zero-order valence-corrected chi connectivity index (χ0v) is 10.5. The molecule has 0 saturated heterocycles.